The molecule has 6 nitrogen and oxygen atoms in total. The molecule has 1 amide bonds. The highest BCUT2D eigenvalue weighted by Crippen LogP contribution is 2.23. The van der Waals surface area contributed by atoms with Crippen LogP contribution in [0.4, 0.5) is 5.69 Å². The Kier molecular flexibility index (Phi) is 4.77. The third-order valence-corrected chi connectivity index (χ3v) is 3.46. The van der Waals surface area contributed by atoms with E-state index in [4.69, 9.17) is 20.9 Å². The molecule has 0 aliphatic heterocycles. The van der Waals surface area contributed by atoms with Gasteiger partial charge in [0.15, 0.2) is 12.4 Å². The fourth-order valence-corrected chi connectivity index (χ4v) is 2.21. The molecule has 0 saturated carbocycles. The van der Waals surface area contributed by atoms with Gasteiger partial charge in [-0.2, -0.15) is 4.98 Å². The molecule has 0 fully saturated rings. The van der Waals surface area contributed by atoms with Crippen LogP contribution in [-0.2, 0) is 4.79 Å². The highest BCUT2D eigenvalue weighted by Gasteiger charge is 2.09. The monoisotopic (exact) mass is 343 g/mol. The van der Waals surface area contributed by atoms with Crippen molar-refractivity contribution in [2.24, 2.45) is 0 Å². The molecule has 0 spiro atoms. The van der Waals surface area contributed by atoms with Crippen molar-refractivity contribution in [1.29, 1.82) is 0 Å². The van der Waals surface area contributed by atoms with Crippen molar-refractivity contribution in [3.05, 3.63) is 59.4 Å². The van der Waals surface area contributed by atoms with E-state index in [1.165, 1.54) is 0 Å². The summed E-state index contributed by atoms with van der Waals surface area (Å²) in [6, 6.07) is 14.1. The van der Waals surface area contributed by atoms with E-state index in [0.29, 0.717) is 28.2 Å². The van der Waals surface area contributed by atoms with Gasteiger partial charge < -0.3 is 14.6 Å². The lowest BCUT2D eigenvalue weighted by Crippen LogP contribution is -2.20. The minimum Gasteiger partial charge on any atom is -0.484 e. The number of aryl methyl sites for hydroxylation is 1. The Bertz CT molecular complexity index is 864. The molecule has 122 valence electrons. The van der Waals surface area contributed by atoms with Crippen molar-refractivity contribution >= 4 is 23.2 Å². The lowest BCUT2D eigenvalue weighted by Gasteiger charge is -2.09. The van der Waals surface area contributed by atoms with Crippen molar-refractivity contribution in [2.45, 2.75) is 6.92 Å². The van der Waals surface area contributed by atoms with Crippen LogP contribution in [0.1, 0.15) is 5.82 Å². The smallest absolute Gasteiger partial charge is 0.262 e. The third kappa shape index (κ3) is 3.91. The largest absolute Gasteiger partial charge is 0.484 e. The molecule has 2 aromatic carbocycles. The molecule has 0 bridgehead atoms. The second-order valence-corrected chi connectivity index (χ2v) is 5.40. The Morgan fingerprint density at radius 2 is 2.08 bits per heavy atom. The van der Waals surface area contributed by atoms with Gasteiger partial charge in [-0.15, -0.1) is 0 Å². The van der Waals surface area contributed by atoms with Crippen molar-refractivity contribution in [1.82, 2.24) is 10.1 Å². The summed E-state index contributed by atoms with van der Waals surface area (Å²) in [4.78, 5) is 16.1. The highest BCUT2D eigenvalue weighted by atomic mass is 35.5. The quantitative estimate of drug-likeness (QED) is 0.764. The van der Waals surface area contributed by atoms with Crippen LogP contribution < -0.4 is 10.1 Å². The van der Waals surface area contributed by atoms with Crippen LogP contribution in [-0.4, -0.2) is 22.7 Å². The number of halogens is 1. The fraction of sp³-hybridized carbons (Fsp3) is 0.118. The van der Waals surface area contributed by atoms with Gasteiger partial charge in [-0.05, 0) is 37.3 Å². The van der Waals surface area contributed by atoms with Crippen molar-refractivity contribution in [3.63, 3.8) is 0 Å². The van der Waals surface area contributed by atoms with E-state index in [9.17, 15) is 4.79 Å². The first kappa shape index (κ1) is 16.0. The zero-order valence-electron chi connectivity index (χ0n) is 12.8. The molecule has 1 N–H and O–H groups in total. The molecule has 0 atom stereocenters. The van der Waals surface area contributed by atoms with Gasteiger partial charge in [0.2, 0.25) is 0 Å². The maximum atomic E-state index is 12.0. The molecule has 0 aliphatic carbocycles. The van der Waals surface area contributed by atoms with Gasteiger partial charge in [0.25, 0.3) is 11.8 Å². The summed E-state index contributed by atoms with van der Waals surface area (Å²) in [6.07, 6.45) is 0. The van der Waals surface area contributed by atoms with Crippen LogP contribution >= 0.6 is 11.6 Å². The van der Waals surface area contributed by atoms with Gasteiger partial charge in [-0.3, -0.25) is 4.79 Å². The van der Waals surface area contributed by atoms with E-state index >= 15 is 0 Å². The van der Waals surface area contributed by atoms with Crippen LogP contribution in [0.15, 0.2) is 53.1 Å². The summed E-state index contributed by atoms with van der Waals surface area (Å²) in [5.74, 6) is 1.17. The molecule has 0 saturated heterocycles. The van der Waals surface area contributed by atoms with E-state index < -0.39 is 0 Å². The standard InChI is InChI=1S/C17H14ClN3O3/c1-11-19-17(24-21-11)12-5-4-6-13(9-12)23-10-16(22)20-15-8-3-2-7-14(15)18/h2-9H,10H2,1H3,(H,20,22). The number of benzene rings is 2. The maximum absolute atomic E-state index is 12.0. The normalized spacial score (nSPS) is 10.4. The molecule has 0 radical (unpaired) electrons. The molecule has 3 rings (SSSR count). The number of para-hydroxylation sites is 1. The molecule has 0 aliphatic rings. The van der Waals surface area contributed by atoms with Gasteiger partial charge in [0.1, 0.15) is 5.75 Å². The average molecular weight is 344 g/mol. The Hall–Kier alpha value is -2.86. The number of carbonyl (C=O) groups excluding carboxylic acids is 1. The van der Waals surface area contributed by atoms with E-state index in [0.717, 1.165) is 5.56 Å². The summed E-state index contributed by atoms with van der Waals surface area (Å²) in [5, 5.41) is 6.91. The summed E-state index contributed by atoms with van der Waals surface area (Å²) in [7, 11) is 0. The topological polar surface area (TPSA) is 77.2 Å². The van der Waals surface area contributed by atoms with Crippen LogP contribution in [0.25, 0.3) is 11.5 Å². The third-order valence-electron chi connectivity index (χ3n) is 3.13. The predicted molar refractivity (Wildman–Crippen MR) is 90.0 cm³/mol. The Morgan fingerprint density at radius 1 is 1.25 bits per heavy atom. The van der Waals surface area contributed by atoms with Crippen molar-refractivity contribution in [3.8, 4) is 17.2 Å². The number of aromatic nitrogens is 2. The van der Waals surface area contributed by atoms with Crippen LogP contribution in [0.5, 0.6) is 5.75 Å². The van der Waals surface area contributed by atoms with Crippen molar-refractivity contribution in [2.75, 3.05) is 11.9 Å². The van der Waals surface area contributed by atoms with Crippen LogP contribution in [0.2, 0.25) is 5.02 Å². The van der Waals surface area contributed by atoms with Gasteiger partial charge in [-0.25, -0.2) is 0 Å². The number of hydrogen-bond donors (Lipinski definition) is 1. The first-order valence-electron chi connectivity index (χ1n) is 7.20. The second-order valence-electron chi connectivity index (χ2n) is 4.99. The molecular formula is C17H14ClN3O3. The molecule has 0 unspecified atom stereocenters. The average Bonchev–Trinajstić information content (AvgIpc) is 3.02. The maximum Gasteiger partial charge on any atom is 0.262 e. The number of nitrogens with zero attached hydrogens (tertiary/aromatic N) is 2. The van der Waals surface area contributed by atoms with Crippen molar-refractivity contribution < 1.29 is 14.1 Å². The molecule has 1 heterocycles. The van der Waals surface area contributed by atoms with Gasteiger partial charge in [-0.1, -0.05) is 35.0 Å². The first-order valence-corrected chi connectivity index (χ1v) is 7.57. The molecular weight excluding hydrogens is 330 g/mol. The van der Waals surface area contributed by atoms with Gasteiger partial charge in [0, 0.05) is 5.56 Å². The van der Waals surface area contributed by atoms with Gasteiger partial charge in [0.05, 0.1) is 10.7 Å². The van der Waals surface area contributed by atoms with E-state index in [1.807, 2.05) is 6.07 Å². The minimum absolute atomic E-state index is 0.141. The molecule has 1 aromatic heterocycles. The number of amides is 1. The summed E-state index contributed by atoms with van der Waals surface area (Å²) < 4.78 is 10.6. The SMILES string of the molecule is Cc1noc(-c2cccc(OCC(=O)Nc3ccccc3Cl)c2)n1. The minimum atomic E-state index is -0.304. The van der Waals surface area contributed by atoms with E-state index in [-0.39, 0.29) is 12.5 Å². The van der Waals surface area contributed by atoms with E-state index in [1.54, 1.807) is 49.4 Å². The Labute approximate surface area is 143 Å². The molecule has 3 aromatic rings. The molecule has 7 heteroatoms. The van der Waals surface area contributed by atoms with E-state index in [2.05, 4.69) is 15.5 Å². The summed E-state index contributed by atoms with van der Waals surface area (Å²) >= 11 is 6.00. The fourth-order valence-electron chi connectivity index (χ4n) is 2.03. The number of nitrogens with one attached hydrogen (secondary N) is 1. The van der Waals surface area contributed by atoms with Crippen LogP contribution in [0.3, 0.4) is 0 Å². The second kappa shape index (κ2) is 7.14. The Morgan fingerprint density at radius 3 is 2.83 bits per heavy atom. The van der Waals surface area contributed by atoms with Crippen LogP contribution in [0, 0.1) is 6.92 Å². The number of carbonyl (C=O) groups is 1. The number of ether oxygens (including phenoxy) is 1. The highest BCUT2D eigenvalue weighted by molar-refractivity contribution is 6.33. The zero-order valence-corrected chi connectivity index (χ0v) is 13.6. The zero-order chi connectivity index (χ0) is 16.9. The molecule has 24 heavy (non-hydrogen) atoms. The number of hydrogen-bond acceptors (Lipinski definition) is 5. The van der Waals surface area contributed by atoms with Gasteiger partial charge >= 0.3 is 0 Å². The Balaban J connectivity index is 1.62. The lowest BCUT2D eigenvalue weighted by atomic mass is 10.2. The number of anilines is 1. The predicted octanol–water partition coefficient (Wildman–Crippen LogP) is 3.72. The lowest BCUT2D eigenvalue weighted by molar-refractivity contribution is -0.118. The number of rotatable bonds is 5. The summed E-state index contributed by atoms with van der Waals surface area (Å²) in [6.45, 7) is 1.60. The first-order chi connectivity index (χ1) is 11.6. The summed E-state index contributed by atoms with van der Waals surface area (Å²) in [5.41, 5.74) is 1.27.